The number of nitrogens with zero attached hydrogens (tertiary/aromatic N) is 4. The summed E-state index contributed by atoms with van der Waals surface area (Å²) in [4.78, 5) is 28.1. The minimum atomic E-state index is -5.08. The van der Waals surface area contributed by atoms with Crippen LogP contribution >= 0.6 is 0 Å². The molecule has 12 nitrogen and oxygen atoms in total. The van der Waals surface area contributed by atoms with Crippen LogP contribution in [0, 0.1) is 11.6 Å². The molecule has 0 spiro atoms. The molecule has 3 atom stereocenters. The molecule has 0 bridgehead atoms. The van der Waals surface area contributed by atoms with Gasteiger partial charge in [0.2, 0.25) is 0 Å². The number of ether oxygens (including phenoxy) is 1. The summed E-state index contributed by atoms with van der Waals surface area (Å²) in [7, 11) is -0.859. The Hall–Kier alpha value is -3.53. The van der Waals surface area contributed by atoms with Gasteiger partial charge in [0, 0.05) is 56.6 Å². The second kappa shape index (κ2) is 14.1. The zero-order valence-corrected chi connectivity index (χ0v) is 23.4. The molecule has 246 valence electrons. The molecule has 4 rings (SSSR count). The molecule has 1 fully saturated rings. The number of hydrogen-bond donors (Lipinski definition) is 3. The van der Waals surface area contributed by atoms with Gasteiger partial charge in [0.25, 0.3) is 15.2 Å². The highest BCUT2D eigenvalue weighted by Gasteiger charge is 2.39. The zero-order chi connectivity index (χ0) is 33.8. The van der Waals surface area contributed by atoms with Crippen LogP contribution in [0.4, 0.5) is 35.1 Å². The third-order valence-electron chi connectivity index (χ3n) is 6.04. The Morgan fingerprint density at radius 2 is 1.59 bits per heavy atom. The lowest BCUT2D eigenvalue weighted by molar-refractivity contribution is -0.193. The summed E-state index contributed by atoms with van der Waals surface area (Å²) < 4.78 is 123. The first-order valence-corrected chi connectivity index (χ1v) is 13.4. The molecule has 0 saturated carbocycles. The molecule has 0 unspecified atom stereocenters. The van der Waals surface area contributed by atoms with Crippen molar-refractivity contribution < 1.29 is 68.1 Å². The molecular formula is C23H25F8N5O7S. The van der Waals surface area contributed by atoms with Gasteiger partial charge in [-0.15, -0.1) is 0 Å². The Bertz CT molecular complexity index is 1430. The number of rotatable bonds is 4. The van der Waals surface area contributed by atoms with Gasteiger partial charge in [-0.1, -0.05) is 0 Å². The third-order valence-corrected chi connectivity index (χ3v) is 7.66. The van der Waals surface area contributed by atoms with E-state index in [0.717, 1.165) is 28.1 Å². The Kier molecular flexibility index (Phi) is 11.7. The first-order valence-electron chi connectivity index (χ1n) is 12.0. The number of halogens is 8. The molecule has 2 aliphatic rings. The lowest BCUT2D eigenvalue weighted by Gasteiger charge is -2.38. The molecule has 3 heterocycles. The molecule has 2 aliphatic heterocycles. The van der Waals surface area contributed by atoms with Crippen molar-refractivity contribution in [1.82, 2.24) is 19.2 Å². The van der Waals surface area contributed by atoms with Crippen LogP contribution in [0.5, 0.6) is 0 Å². The first kappa shape index (κ1) is 36.7. The van der Waals surface area contributed by atoms with E-state index in [9.17, 15) is 43.5 Å². The van der Waals surface area contributed by atoms with E-state index < -0.39 is 58.1 Å². The van der Waals surface area contributed by atoms with E-state index >= 15 is 0 Å². The van der Waals surface area contributed by atoms with Crippen LogP contribution in [-0.4, -0.2) is 94.9 Å². The summed E-state index contributed by atoms with van der Waals surface area (Å²) in [5, 5.41) is 14.0. The summed E-state index contributed by atoms with van der Waals surface area (Å²) in [5.41, 5.74) is 7.87. The Labute approximate surface area is 244 Å². The number of carboxylic acid groups (broad SMARTS) is 2. The number of carboxylic acids is 2. The van der Waals surface area contributed by atoms with Crippen LogP contribution in [0.1, 0.15) is 29.3 Å². The summed E-state index contributed by atoms with van der Waals surface area (Å²) in [5.74, 6) is -6.60. The zero-order valence-electron chi connectivity index (χ0n) is 22.6. The van der Waals surface area contributed by atoms with Gasteiger partial charge in [-0.25, -0.2) is 41.1 Å². The fourth-order valence-electron chi connectivity index (χ4n) is 3.86. The van der Waals surface area contributed by atoms with Crippen LogP contribution < -0.4 is 5.73 Å². The van der Waals surface area contributed by atoms with Crippen molar-refractivity contribution >= 4 is 22.0 Å². The summed E-state index contributed by atoms with van der Waals surface area (Å²) in [6.45, 7) is 1.27. The van der Waals surface area contributed by atoms with E-state index in [-0.39, 0.29) is 16.8 Å². The topological polar surface area (TPSA) is 176 Å². The van der Waals surface area contributed by atoms with Gasteiger partial charge in [0.05, 0.1) is 12.3 Å². The lowest BCUT2D eigenvalue weighted by atomic mass is 9.93. The summed E-state index contributed by atoms with van der Waals surface area (Å²) in [6, 6.07) is 2.68. The van der Waals surface area contributed by atoms with E-state index in [1.807, 2.05) is 0 Å². The fraction of sp³-hybridized carbons (Fsp3) is 0.478. The van der Waals surface area contributed by atoms with Crippen molar-refractivity contribution in [3.63, 3.8) is 0 Å². The molecule has 0 aliphatic carbocycles. The first-order chi connectivity index (χ1) is 20.0. The predicted octanol–water partition coefficient (Wildman–Crippen LogP) is 2.44. The van der Waals surface area contributed by atoms with Gasteiger partial charge in [0.15, 0.2) is 0 Å². The summed E-state index contributed by atoms with van der Waals surface area (Å²) >= 11 is 0. The van der Waals surface area contributed by atoms with E-state index in [4.69, 9.17) is 30.3 Å². The SMILES string of the molecule is CN(C)S(=O)(=O)c1ncc2c(n1)CN([C@H]1CO[C@H](c3cc(F)ccc3F)[C@@H](N)C1)C2.O=C(O)C(F)(F)F.O=C(O)C(F)(F)F. The number of hydrogen-bond acceptors (Lipinski definition) is 9. The number of nitrogens with two attached hydrogens (primary N) is 1. The second-order valence-electron chi connectivity index (χ2n) is 9.40. The average Bonchev–Trinajstić information content (AvgIpc) is 3.33. The van der Waals surface area contributed by atoms with Gasteiger partial charge < -0.3 is 20.7 Å². The highest BCUT2D eigenvalue weighted by molar-refractivity contribution is 7.88. The van der Waals surface area contributed by atoms with Crippen molar-refractivity contribution in [2.24, 2.45) is 5.73 Å². The van der Waals surface area contributed by atoms with Crippen molar-refractivity contribution in [2.75, 3.05) is 20.7 Å². The number of aliphatic carboxylic acids is 2. The Morgan fingerprint density at radius 1 is 1.05 bits per heavy atom. The monoisotopic (exact) mass is 667 g/mol. The number of benzene rings is 1. The largest absolute Gasteiger partial charge is 0.490 e. The third kappa shape index (κ3) is 9.48. The Balaban J connectivity index is 0.000000402. The highest BCUT2D eigenvalue weighted by Crippen LogP contribution is 2.34. The normalized spacial score (nSPS) is 20.6. The fourth-order valence-corrected chi connectivity index (χ4v) is 4.60. The number of alkyl halides is 6. The molecular weight excluding hydrogens is 642 g/mol. The number of carbonyl (C=O) groups is 2. The maximum atomic E-state index is 14.1. The minimum absolute atomic E-state index is 0.0593. The average molecular weight is 668 g/mol. The molecule has 44 heavy (non-hydrogen) atoms. The van der Waals surface area contributed by atoms with Crippen LogP contribution in [0.2, 0.25) is 0 Å². The van der Waals surface area contributed by atoms with Gasteiger partial charge in [-0.2, -0.15) is 26.3 Å². The molecule has 21 heteroatoms. The lowest BCUT2D eigenvalue weighted by Crippen LogP contribution is -2.47. The maximum absolute atomic E-state index is 14.1. The van der Waals surface area contributed by atoms with Crippen LogP contribution in [0.25, 0.3) is 0 Å². The second-order valence-corrected chi connectivity index (χ2v) is 11.4. The van der Waals surface area contributed by atoms with Crippen LogP contribution in [-0.2, 0) is 37.4 Å². The number of fused-ring (bicyclic) bond motifs is 1. The summed E-state index contributed by atoms with van der Waals surface area (Å²) in [6.07, 6.45) is -8.84. The standard InChI is InChI=1S/C19H23F2N5O3S.2C2HF3O2/c1-25(2)30(27,28)19-23-7-11-8-26(9-17(11)24-19)13-6-16(22)18(29-10-13)14-5-12(20)3-4-15(14)21;2*3-2(4,5)1(6)7/h3-5,7,13,16,18H,6,8-10,22H2,1-2H3;2*(H,6,7)/t13-,16+,18-;;/m1../s1. The van der Waals surface area contributed by atoms with E-state index in [1.54, 1.807) is 0 Å². The van der Waals surface area contributed by atoms with Gasteiger partial charge >= 0.3 is 24.3 Å². The number of sulfonamides is 1. The van der Waals surface area contributed by atoms with Crippen LogP contribution in [0.3, 0.4) is 0 Å². The minimum Gasteiger partial charge on any atom is -0.475 e. The van der Waals surface area contributed by atoms with Crippen molar-refractivity contribution in [2.45, 2.75) is 55.2 Å². The number of aromatic nitrogens is 2. The molecule has 2 aromatic rings. The van der Waals surface area contributed by atoms with Crippen molar-refractivity contribution in [1.29, 1.82) is 0 Å². The van der Waals surface area contributed by atoms with Gasteiger partial charge in [-0.3, -0.25) is 4.90 Å². The molecule has 1 aromatic carbocycles. The van der Waals surface area contributed by atoms with Gasteiger partial charge in [0.1, 0.15) is 17.7 Å². The van der Waals surface area contributed by atoms with Crippen molar-refractivity contribution in [3.8, 4) is 0 Å². The smallest absolute Gasteiger partial charge is 0.475 e. The molecule has 0 amide bonds. The highest BCUT2D eigenvalue weighted by atomic mass is 32.2. The van der Waals surface area contributed by atoms with Gasteiger partial charge in [-0.05, 0) is 24.6 Å². The Morgan fingerprint density at radius 3 is 2.07 bits per heavy atom. The predicted molar refractivity (Wildman–Crippen MR) is 131 cm³/mol. The molecule has 4 N–H and O–H groups in total. The van der Waals surface area contributed by atoms with Crippen LogP contribution in [0.15, 0.2) is 29.6 Å². The maximum Gasteiger partial charge on any atom is 0.490 e. The molecule has 1 saturated heterocycles. The quantitative estimate of drug-likeness (QED) is 0.323. The molecule has 1 aromatic heterocycles. The van der Waals surface area contributed by atoms with E-state index in [0.29, 0.717) is 31.8 Å². The molecule has 0 radical (unpaired) electrons. The van der Waals surface area contributed by atoms with E-state index in [2.05, 4.69) is 14.9 Å². The van der Waals surface area contributed by atoms with E-state index in [1.165, 1.54) is 20.3 Å². The van der Waals surface area contributed by atoms with Crippen molar-refractivity contribution in [3.05, 3.63) is 52.9 Å².